The van der Waals surface area contributed by atoms with Crippen LogP contribution in [0, 0.1) is 0 Å². The van der Waals surface area contributed by atoms with E-state index in [9.17, 15) is 0 Å². The highest BCUT2D eigenvalue weighted by atomic mass is 79.9. The molecule has 0 heterocycles. The Balaban J connectivity index is 0.00000169. The molecule has 1 rings (SSSR count). The van der Waals surface area contributed by atoms with Gasteiger partial charge in [0.05, 0.1) is 0 Å². The molecule has 0 aromatic heterocycles. The highest BCUT2D eigenvalue weighted by Gasteiger charge is 2.14. The highest BCUT2D eigenvalue weighted by molar-refractivity contribution is 8.93. The van der Waals surface area contributed by atoms with Crippen LogP contribution in [0.5, 0.6) is 0 Å². The van der Waals surface area contributed by atoms with E-state index >= 15 is 0 Å². The van der Waals surface area contributed by atoms with Crippen LogP contribution in [0.3, 0.4) is 0 Å². The molecule has 0 aromatic rings. The molecular formula is C12H26BrN. The van der Waals surface area contributed by atoms with Gasteiger partial charge < -0.3 is 5.32 Å². The molecule has 1 aliphatic carbocycles. The maximum atomic E-state index is 3.80. The second-order valence-corrected chi connectivity index (χ2v) is 4.37. The Morgan fingerprint density at radius 1 is 1.00 bits per heavy atom. The average molecular weight is 264 g/mol. The molecule has 1 fully saturated rings. The van der Waals surface area contributed by atoms with Gasteiger partial charge in [0.15, 0.2) is 0 Å². The van der Waals surface area contributed by atoms with E-state index in [0.717, 1.165) is 12.1 Å². The molecule has 0 saturated heterocycles. The number of hydrogen-bond acceptors (Lipinski definition) is 1. The molecule has 86 valence electrons. The lowest BCUT2D eigenvalue weighted by Gasteiger charge is -2.22. The van der Waals surface area contributed by atoms with Crippen LogP contribution in [0.4, 0.5) is 0 Å². The van der Waals surface area contributed by atoms with Crippen molar-refractivity contribution in [2.45, 2.75) is 77.3 Å². The number of halogens is 1. The lowest BCUT2D eigenvalue weighted by molar-refractivity contribution is 0.378. The predicted molar refractivity (Wildman–Crippen MR) is 69.3 cm³/mol. The number of nitrogens with one attached hydrogen (secondary N) is 1. The van der Waals surface area contributed by atoms with Crippen molar-refractivity contribution in [3.8, 4) is 0 Å². The van der Waals surface area contributed by atoms with E-state index in [1.54, 1.807) is 0 Å². The molecule has 1 N–H and O–H groups in total. The van der Waals surface area contributed by atoms with E-state index < -0.39 is 0 Å². The predicted octanol–water partition coefficient (Wildman–Crippen LogP) is 4.07. The van der Waals surface area contributed by atoms with Crippen LogP contribution in [0.1, 0.15) is 65.2 Å². The van der Waals surface area contributed by atoms with Crippen molar-refractivity contribution in [1.82, 2.24) is 5.32 Å². The third-order valence-corrected chi connectivity index (χ3v) is 3.31. The fraction of sp³-hybridized carbons (Fsp3) is 1.00. The fourth-order valence-electron chi connectivity index (χ4n) is 2.30. The van der Waals surface area contributed by atoms with Crippen molar-refractivity contribution in [3.63, 3.8) is 0 Å². The molecule has 1 saturated carbocycles. The minimum atomic E-state index is 0. The normalized spacial score (nSPS) is 19.1. The Bertz CT molecular complexity index is 115. The van der Waals surface area contributed by atoms with Crippen molar-refractivity contribution >= 4 is 17.0 Å². The maximum Gasteiger partial charge on any atom is 0.00696 e. The second-order valence-electron chi connectivity index (χ2n) is 4.37. The third kappa shape index (κ3) is 5.35. The molecule has 1 aliphatic rings. The van der Waals surface area contributed by atoms with Crippen LogP contribution < -0.4 is 5.32 Å². The molecular weight excluding hydrogens is 238 g/mol. The van der Waals surface area contributed by atoms with Crippen molar-refractivity contribution in [2.24, 2.45) is 0 Å². The SMILES string of the molecule is Br.CCC(CC)NC1CCCCCC1. The fourth-order valence-corrected chi connectivity index (χ4v) is 2.30. The molecule has 1 nitrogen and oxygen atoms in total. The monoisotopic (exact) mass is 263 g/mol. The third-order valence-electron chi connectivity index (χ3n) is 3.31. The lowest BCUT2D eigenvalue weighted by atomic mass is 10.1. The van der Waals surface area contributed by atoms with Gasteiger partial charge in [-0.3, -0.25) is 0 Å². The maximum absolute atomic E-state index is 3.80. The summed E-state index contributed by atoms with van der Waals surface area (Å²) in [6.07, 6.45) is 11.2. The molecule has 0 aliphatic heterocycles. The van der Waals surface area contributed by atoms with E-state index in [2.05, 4.69) is 19.2 Å². The molecule has 0 bridgehead atoms. The minimum absolute atomic E-state index is 0. The summed E-state index contributed by atoms with van der Waals surface area (Å²) >= 11 is 0. The van der Waals surface area contributed by atoms with Gasteiger partial charge in [0, 0.05) is 12.1 Å². The molecule has 0 spiro atoms. The summed E-state index contributed by atoms with van der Waals surface area (Å²) < 4.78 is 0. The first-order valence-electron chi connectivity index (χ1n) is 6.12. The zero-order valence-corrected chi connectivity index (χ0v) is 11.4. The van der Waals surface area contributed by atoms with E-state index in [1.165, 1.54) is 51.4 Å². The van der Waals surface area contributed by atoms with E-state index in [-0.39, 0.29) is 17.0 Å². The zero-order valence-electron chi connectivity index (χ0n) is 9.72. The molecule has 0 unspecified atom stereocenters. The standard InChI is InChI=1S/C12H25N.BrH/c1-3-11(4-2)13-12-9-7-5-6-8-10-12;/h11-13H,3-10H2,1-2H3;1H. The Kier molecular flexibility index (Phi) is 9.00. The van der Waals surface area contributed by atoms with Crippen molar-refractivity contribution in [1.29, 1.82) is 0 Å². The molecule has 0 radical (unpaired) electrons. The van der Waals surface area contributed by atoms with Crippen molar-refractivity contribution in [3.05, 3.63) is 0 Å². The molecule has 0 aromatic carbocycles. The van der Waals surface area contributed by atoms with E-state index in [4.69, 9.17) is 0 Å². The van der Waals surface area contributed by atoms with Crippen LogP contribution in [-0.2, 0) is 0 Å². The first-order chi connectivity index (χ1) is 6.36. The quantitative estimate of drug-likeness (QED) is 0.755. The largest absolute Gasteiger partial charge is 0.311 e. The first kappa shape index (κ1) is 14.4. The van der Waals surface area contributed by atoms with Crippen LogP contribution in [0.25, 0.3) is 0 Å². The van der Waals surface area contributed by atoms with E-state index in [0.29, 0.717) is 0 Å². The van der Waals surface area contributed by atoms with Gasteiger partial charge >= 0.3 is 0 Å². The van der Waals surface area contributed by atoms with Gasteiger partial charge in [-0.15, -0.1) is 17.0 Å². The van der Waals surface area contributed by atoms with Gasteiger partial charge in [-0.25, -0.2) is 0 Å². The van der Waals surface area contributed by atoms with Crippen molar-refractivity contribution < 1.29 is 0 Å². The number of rotatable bonds is 4. The van der Waals surface area contributed by atoms with Gasteiger partial charge in [0.2, 0.25) is 0 Å². The lowest BCUT2D eigenvalue weighted by Crippen LogP contribution is -2.37. The van der Waals surface area contributed by atoms with Gasteiger partial charge in [-0.2, -0.15) is 0 Å². The molecule has 0 atom stereocenters. The van der Waals surface area contributed by atoms with Crippen LogP contribution in [0.15, 0.2) is 0 Å². The number of hydrogen-bond donors (Lipinski definition) is 1. The summed E-state index contributed by atoms with van der Waals surface area (Å²) in [6, 6.07) is 1.59. The molecule has 14 heavy (non-hydrogen) atoms. The van der Waals surface area contributed by atoms with Crippen LogP contribution in [-0.4, -0.2) is 12.1 Å². The Hall–Kier alpha value is 0.440. The van der Waals surface area contributed by atoms with Gasteiger partial charge in [0.25, 0.3) is 0 Å². The van der Waals surface area contributed by atoms with Gasteiger partial charge in [-0.05, 0) is 25.7 Å². The summed E-state index contributed by atoms with van der Waals surface area (Å²) in [5.41, 5.74) is 0. The summed E-state index contributed by atoms with van der Waals surface area (Å²) in [4.78, 5) is 0. The van der Waals surface area contributed by atoms with Crippen LogP contribution >= 0.6 is 17.0 Å². The smallest absolute Gasteiger partial charge is 0.00696 e. The minimum Gasteiger partial charge on any atom is -0.311 e. The molecule has 2 heteroatoms. The highest BCUT2D eigenvalue weighted by Crippen LogP contribution is 2.18. The molecule has 0 amide bonds. The summed E-state index contributed by atoms with van der Waals surface area (Å²) in [5.74, 6) is 0. The first-order valence-corrected chi connectivity index (χ1v) is 6.12. The van der Waals surface area contributed by atoms with Crippen molar-refractivity contribution in [2.75, 3.05) is 0 Å². The zero-order chi connectivity index (χ0) is 9.52. The Labute approximate surface area is 99.8 Å². The van der Waals surface area contributed by atoms with E-state index in [1.807, 2.05) is 0 Å². The topological polar surface area (TPSA) is 12.0 Å². The second kappa shape index (κ2) is 8.72. The van der Waals surface area contributed by atoms with Gasteiger partial charge in [0.1, 0.15) is 0 Å². The average Bonchev–Trinajstić information content (AvgIpc) is 2.42. The van der Waals surface area contributed by atoms with Gasteiger partial charge in [-0.1, -0.05) is 39.5 Å². The summed E-state index contributed by atoms with van der Waals surface area (Å²) in [6.45, 7) is 4.58. The Morgan fingerprint density at radius 2 is 1.50 bits per heavy atom. The summed E-state index contributed by atoms with van der Waals surface area (Å²) in [5, 5.41) is 3.80. The summed E-state index contributed by atoms with van der Waals surface area (Å²) in [7, 11) is 0. The van der Waals surface area contributed by atoms with Crippen LogP contribution in [0.2, 0.25) is 0 Å². The Morgan fingerprint density at radius 3 is 1.93 bits per heavy atom.